The van der Waals surface area contributed by atoms with Crippen molar-refractivity contribution >= 4 is 11.9 Å². The number of carbonyl (C=O) groups is 2. The summed E-state index contributed by atoms with van der Waals surface area (Å²) in [4.78, 5) is 23.8. The maximum absolute atomic E-state index is 11.9. The minimum atomic E-state index is -4.46. The number of hydrogen-bond acceptors (Lipinski definition) is 4. The molecule has 1 N–H and O–H groups in total. The van der Waals surface area contributed by atoms with Gasteiger partial charge in [-0.15, -0.1) is 6.58 Å². The topological polar surface area (TPSA) is 58.6 Å². The molecular weight excluding hydrogens is 265 g/mol. The number of halogens is 3. The summed E-state index contributed by atoms with van der Waals surface area (Å²) >= 11 is 0. The van der Waals surface area contributed by atoms with Gasteiger partial charge in [0.05, 0.1) is 19.7 Å². The summed E-state index contributed by atoms with van der Waals surface area (Å²) in [5.74, 6) is -1.36. The van der Waals surface area contributed by atoms with Crippen molar-refractivity contribution in [2.45, 2.75) is 13.1 Å². The highest BCUT2D eigenvalue weighted by molar-refractivity contribution is 5.79. The van der Waals surface area contributed by atoms with Crippen molar-refractivity contribution in [2.24, 2.45) is 0 Å². The van der Waals surface area contributed by atoms with Gasteiger partial charge < -0.3 is 10.1 Å². The molecule has 0 atom stereocenters. The molecule has 0 aliphatic carbocycles. The SMILES string of the molecule is C=CCN(CC(=O)NCC(F)(F)F)CC(=O)OCC. The molecule has 110 valence electrons. The summed E-state index contributed by atoms with van der Waals surface area (Å²) in [6, 6.07) is 0. The normalized spacial score (nSPS) is 11.2. The first-order valence-electron chi connectivity index (χ1n) is 5.60. The third kappa shape index (κ3) is 10.1. The summed E-state index contributed by atoms with van der Waals surface area (Å²) in [5.41, 5.74) is 0. The molecule has 0 saturated carbocycles. The molecule has 5 nitrogen and oxygen atoms in total. The van der Waals surface area contributed by atoms with Crippen LogP contribution in [-0.2, 0) is 14.3 Å². The van der Waals surface area contributed by atoms with Gasteiger partial charge in [0.15, 0.2) is 0 Å². The Labute approximate surface area is 109 Å². The van der Waals surface area contributed by atoms with E-state index in [1.54, 1.807) is 12.2 Å². The molecule has 0 rings (SSSR count). The summed E-state index contributed by atoms with van der Waals surface area (Å²) in [6.45, 7) is 3.55. The molecule has 0 aromatic rings. The number of alkyl halides is 3. The molecule has 0 aliphatic rings. The van der Waals surface area contributed by atoms with Gasteiger partial charge in [0, 0.05) is 6.54 Å². The van der Waals surface area contributed by atoms with E-state index in [0.717, 1.165) is 0 Å². The number of esters is 1. The zero-order valence-corrected chi connectivity index (χ0v) is 10.6. The van der Waals surface area contributed by atoms with Gasteiger partial charge in [0.2, 0.25) is 5.91 Å². The van der Waals surface area contributed by atoms with Gasteiger partial charge in [0.25, 0.3) is 0 Å². The highest BCUT2D eigenvalue weighted by Crippen LogP contribution is 2.11. The van der Waals surface area contributed by atoms with E-state index in [9.17, 15) is 22.8 Å². The van der Waals surface area contributed by atoms with Crippen LogP contribution in [0, 0.1) is 0 Å². The Balaban J connectivity index is 4.21. The highest BCUT2D eigenvalue weighted by atomic mass is 19.4. The molecule has 0 heterocycles. The predicted octanol–water partition coefficient (Wildman–Crippen LogP) is 0.716. The minimum Gasteiger partial charge on any atom is -0.465 e. The van der Waals surface area contributed by atoms with E-state index >= 15 is 0 Å². The Morgan fingerprint density at radius 3 is 2.47 bits per heavy atom. The maximum atomic E-state index is 11.9. The summed E-state index contributed by atoms with van der Waals surface area (Å²) in [6.07, 6.45) is -3.02. The van der Waals surface area contributed by atoms with Crippen molar-refractivity contribution in [1.29, 1.82) is 0 Å². The fourth-order valence-electron chi connectivity index (χ4n) is 1.21. The average molecular weight is 282 g/mol. The highest BCUT2D eigenvalue weighted by Gasteiger charge is 2.28. The van der Waals surface area contributed by atoms with Crippen LogP contribution in [0.5, 0.6) is 0 Å². The van der Waals surface area contributed by atoms with Crippen LogP contribution in [0.4, 0.5) is 13.2 Å². The maximum Gasteiger partial charge on any atom is 0.405 e. The number of nitrogens with one attached hydrogen (secondary N) is 1. The van der Waals surface area contributed by atoms with Gasteiger partial charge in [-0.25, -0.2) is 0 Å². The molecule has 0 aromatic carbocycles. The lowest BCUT2D eigenvalue weighted by molar-refractivity contribution is -0.145. The monoisotopic (exact) mass is 282 g/mol. The van der Waals surface area contributed by atoms with Gasteiger partial charge in [-0.1, -0.05) is 6.08 Å². The molecular formula is C11H17F3N2O3. The molecule has 0 unspecified atom stereocenters. The lowest BCUT2D eigenvalue weighted by atomic mass is 10.4. The largest absolute Gasteiger partial charge is 0.465 e. The number of amides is 1. The molecule has 0 bridgehead atoms. The second-order valence-corrected chi connectivity index (χ2v) is 3.66. The zero-order valence-electron chi connectivity index (χ0n) is 10.6. The smallest absolute Gasteiger partial charge is 0.405 e. The lowest BCUT2D eigenvalue weighted by Crippen LogP contribution is -2.43. The van der Waals surface area contributed by atoms with Gasteiger partial charge in [-0.2, -0.15) is 13.2 Å². The summed E-state index contributed by atoms with van der Waals surface area (Å²) in [7, 11) is 0. The van der Waals surface area contributed by atoms with Gasteiger partial charge >= 0.3 is 12.1 Å². The Kier molecular flexibility index (Phi) is 7.81. The fourth-order valence-corrected chi connectivity index (χ4v) is 1.21. The summed E-state index contributed by atoms with van der Waals surface area (Å²) < 4.78 is 40.4. The standard InChI is InChI=1S/C11H17F3N2O3/c1-3-5-16(7-10(18)19-4-2)6-9(17)15-8-11(12,13)14/h3H,1,4-8H2,2H3,(H,15,17). The number of rotatable bonds is 8. The second-order valence-electron chi connectivity index (χ2n) is 3.66. The van der Waals surface area contributed by atoms with Crippen molar-refractivity contribution in [2.75, 3.05) is 32.8 Å². The van der Waals surface area contributed by atoms with Crippen LogP contribution in [0.25, 0.3) is 0 Å². The second kappa shape index (κ2) is 8.52. The lowest BCUT2D eigenvalue weighted by Gasteiger charge is -2.19. The first-order chi connectivity index (χ1) is 8.78. The van der Waals surface area contributed by atoms with Crippen LogP contribution in [0.1, 0.15) is 6.92 Å². The molecule has 0 aliphatic heterocycles. The van der Waals surface area contributed by atoms with E-state index in [1.165, 1.54) is 11.0 Å². The molecule has 0 radical (unpaired) electrons. The third-order valence-corrected chi connectivity index (χ3v) is 1.90. The first kappa shape index (κ1) is 17.4. The zero-order chi connectivity index (χ0) is 14.9. The molecule has 1 amide bonds. The van der Waals surface area contributed by atoms with Crippen molar-refractivity contribution in [1.82, 2.24) is 10.2 Å². The molecule has 0 saturated heterocycles. The van der Waals surface area contributed by atoms with E-state index in [0.29, 0.717) is 0 Å². The first-order valence-corrected chi connectivity index (χ1v) is 5.60. The molecule has 0 fully saturated rings. The quantitative estimate of drug-likeness (QED) is 0.526. The van der Waals surface area contributed by atoms with E-state index in [4.69, 9.17) is 0 Å². The van der Waals surface area contributed by atoms with Crippen molar-refractivity contribution in [3.05, 3.63) is 12.7 Å². The number of carbonyl (C=O) groups excluding carboxylic acids is 2. The average Bonchev–Trinajstić information content (AvgIpc) is 2.26. The third-order valence-electron chi connectivity index (χ3n) is 1.90. The van der Waals surface area contributed by atoms with E-state index in [-0.39, 0.29) is 26.2 Å². The van der Waals surface area contributed by atoms with Crippen molar-refractivity contribution < 1.29 is 27.5 Å². The molecule has 8 heteroatoms. The number of nitrogens with zero attached hydrogens (tertiary/aromatic N) is 1. The molecule has 0 aromatic heterocycles. The van der Waals surface area contributed by atoms with Gasteiger partial charge in [0.1, 0.15) is 6.54 Å². The number of ether oxygens (including phenoxy) is 1. The minimum absolute atomic E-state index is 0.181. The van der Waals surface area contributed by atoms with Gasteiger partial charge in [-0.3, -0.25) is 14.5 Å². The Hall–Kier alpha value is -1.57. The summed E-state index contributed by atoms with van der Waals surface area (Å²) in [5, 5.41) is 1.72. The Morgan fingerprint density at radius 1 is 1.37 bits per heavy atom. The van der Waals surface area contributed by atoms with Crippen LogP contribution in [0.3, 0.4) is 0 Å². The molecule has 19 heavy (non-hydrogen) atoms. The van der Waals surface area contributed by atoms with Crippen LogP contribution in [0.2, 0.25) is 0 Å². The molecule has 0 spiro atoms. The number of hydrogen-bond donors (Lipinski definition) is 1. The van der Waals surface area contributed by atoms with E-state index in [2.05, 4.69) is 11.3 Å². The Morgan fingerprint density at radius 2 is 2.00 bits per heavy atom. The Bertz CT molecular complexity index is 319. The van der Waals surface area contributed by atoms with Crippen molar-refractivity contribution in [3.8, 4) is 0 Å². The predicted molar refractivity (Wildman–Crippen MR) is 62.3 cm³/mol. The van der Waals surface area contributed by atoms with E-state index < -0.39 is 24.6 Å². The fraction of sp³-hybridized carbons (Fsp3) is 0.636. The van der Waals surface area contributed by atoms with Crippen molar-refractivity contribution in [3.63, 3.8) is 0 Å². The van der Waals surface area contributed by atoms with E-state index in [1.807, 2.05) is 0 Å². The van der Waals surface area contributed by atoms with Crippen LogP contribution < -0.4 is 5.32 Å². The van der Waals surface area contributed by atoms with Gasteiger partial charge in [-0.05, 0) is 6.92 Å². The van der Waals surface area contributed by atoms with Crippen LogP contribution in [0.15, 0.2) is 12.7 Å². The van der Waals surface area contributed by atoms with Crippen LogP contribution in [-0.4, -0.2) is 55.7 Å². The van der Waals surface area contributed by atoms with Crippen LogP contribution >= 0.6 is 0 Å².